The predicted octanol–water partition coefficient (Wildman–Crippen LogP) is 0.417. The van der Waals surface area contributed by atoms with E-state index in [0.29, 0.717) is 31.3 Å². The van der Waals surface area contributed by atoms with Gasteiger partial charge in [-0.3, -0.25) is 4.84 Å². The Morgan fingerprint density at radius 3 is 2.87 bits per heavy atom. The zero-order valence-electron chi connectivity index (χ0n) is 7.93. The van der Waals surface area contributed by atoms with Gasteiger partial charge in [0.05, 0.1) is 30.6 Å². The van der Waals surface area contributed by atoms with Gasteiger partial charge in [-0.15, -0.1) is 5.10 Å². The smallest absolute Gasteiger partial charge is 0.378 e. The topological polar surface area (TPSA) is 56.6 Å². The summed E-state index contributed by atoms with van der Waals surface area (Å²) in [7, 11) is 0. The highest BCUT2D eigenvalue weighted by atomic mass is 35.5. The van der Waals surface area contributed by atoms with Gasteiger partial charge in [0.25, 0.3) is 0 Å². The molecule has 7 heteroatoms. The van der Waals surface area contributed by atoms with Crippen LogP contribution in [0.25, 0.3) is 0 Å². The minimum Gasteiger partial charge on any atom is -0.378 e. The van der Waals surface area contributed by atoms with Crippen molar-refractivity contribution in [2.24, 2.45) is 0 Å². The number of carbonyl (C=O) groups excluding carboxylic acids is 1. The fourth-order valence-electron chi connectivity index (χ4n) is 1.22. The summed E-state index contributed by atoms with van der Waals surface area (Å²) < 4.78 is 5.11. The fraction of sp³-hybridized carbons (Fsp3) is 0.500. The van der Waals surface area contributed by atoms with Crippen molar-refractivity contribution in [1.82, 2.24) is 14.8 Å². The highest BCUT2D eigenvalue weighted by molar-refractivity contribution is 6.30. The molecule has 1 fully saturated rings. The number of nitrogens with zero attached hydrogens (tertiary/aromatic N) is 3. The Balaban J connectivity index is 1.91. The molecule has 1 amide bonds. The van der Waals surface area contributed by atoms with E-state index >= 15 is 0 Å². The molecule has 0 saturated carbocycles. The molecule has 2 rings (SSSR count). The number of carbonyl (C=O) groups is 1. The van der Waals surface area contributed by atoms with Crippen LogP contribution in [0.2, 0.25) is 5.02 Å². The van der Waals surface area contributed by atoms with Gasteiger partial charge in [-0.1, -0.05) is 16.4 Å². The number of ether oxygens (including phenoxy) is 1. The van der Waals surface area contributed by atoms with Crippen LogP contribution in [0.5, 0.6) is 0 Å². The second kappa shape index (κ2) is 4.50. The van der Waals surface area contributed by atoms with Gasteiger partial charge in [-0.05, 0) is 0 Å². The summed E-state index contributed by atoms with van der Waals surface area (Å²) in [6.07, 6.45) is 2.37. The zero-order valence-corrected chi connectivity index (χ0v) is 8.68. The average molecular weight is 232 g/mol. The summed E-state index contributed by atoms with van der Waals surface area (Å²) in [4.78, 5) is 19.0. The molecule has 1 aromatic rings. The minimum absolute atomic E-state index is 0.421. The number of halogens is 1. The largest absolute Gasteiger partial charge is 0.436 e. The van der Waals surface area contributed by atoms with Crippen LogP contribution < -0.4 is 4.84 Å². The minimum atomic E-state index is -0.446. The molecule has 2 heterocycles. The third kappa shape index (κ3) is 2.60. The molecular formula is C8H10ClN3O3. The summed E-state index contributed by atoms with van der Waals surface area (Å²) >= 11 is 5.62. The van der Waals surface area contributed by atoms with E-state index in [1.165, 1.54) is 12.4 Å². The molecule has 0 unspecified atom stereocenters. The van der Waals surface area contributed by atoms with Crippen molar-refractivity contribution >= 4 is 17.7 Å². The van der Waals surface area contributed by atoms with Gasteiger partial charge in [0.2, 0.25) is 0 Å². The summed E-state index contributed by atoms with van der Waals surface area (Å²) in [5.41, 5.74) is 0. The normalized spacial score (nSPS) is 16.5. The van der Waals surface area contributed by atoms with Crippen LogP contribution in [0.3, 0.4) is 0 Å². The van der Waals surface area contributed by atoms with Gasteiger partial charge in [-0.25, -0.2) is 4.79 Å². The van der Waals surface area contributed by atoms with Crippen molar-refractivity contribution in [2.45, 2.75) is 0 Å². The highest BCUT2D eigenvalue weighted by Gasteiger charge is 2.19. The molecule has 0 spiro atoms. The Morgan fingerprint density at radius 1 is 1.53 bits per heavy atom. The van der Waals surface area contributed by atoms with E-state index < -0.39 is 6.09 Å². The number of rotatable bonds is 1. The van der Waals surface area contributed by atoms with E-state index in [2.05, 4.69) is 5.10 Å². The van der Waals surface area contributed by atoms with Gasteiger partial charge in [-0.2, -0.15) is 0 Å². The third-order valence-corrected chi connectivity index (χ3v) is 2.16. The third-order valence-electron chi connectivity index (χ3n) is 1.97. The Bertz CT molecular complexity index is 349. The first-order valence-corrected chi connectivity index (χ1v) is 4.88. The second-order valence-electron chi connectivity index (χ2n) is 3.02. The maximum Gasteiger partial charge on any atom is 0.436 e. The number of hydrogen-bond acceptors (Lipinski definition) is 4. The molecule has 0 aromatic carbocycles. The molecule has 1 aromatic heterocycles. The summed E-state index contributed by atoms with van der Waals surface area (Å²) in [6, 6.07) is 0. The lowest BCUT2D eigenvalue weighted by molar-refractivity contribution is 0.0197. The summed E-state index contributed by atoms with van der Waals surface area (Å²) in [5, 5.41) is 4.16. The SMILES string of the molecule is O=C(On1cc(Cl)cn1)N1CCOCC1. The van der Waals surface area contributed by atoms with E-state index in [0.717, 1.165) is 4.85 Å². The van der Waals surface area contributed by atoms with Crippen molar-refractivity contribution in [1.29, 1.82) is 0 Å². The predicted molar refractivity (Wildman–Crippen MR) is 51.6 cm³/mol. The Labute approximate surface area is 91.3 Å². The Hall–Kier alpha value is -1.27. The zero-order chi connectivity index (χ0) is 10.7. The quantitative estimate of drug-likeness (QED) is 0.703. The van der Waals surface area contributed by atoms with Crippen LogP contribution in [0.1, 0.15) is 0 Å². The number of morpholine rings is 1. The van der Waals surface area contributed by atoms with Crippen LogP contribution in [-0.4, -0.2) is 47.2 Å². The maximum absolute atomic E-state index is 11.5. The molecular weight excluding hydrogens is 222 g/mol. The van der Waals surface area contributed by atoms with Crippen molar-refractivity contribution in [3.05, 3.63) is 17.4 Å². The number of amides is 1. The van der Waals surface area contributed by atoms with E-state index in [1.807, 2.05) is 0 Å². The van der Waals surface area contributed by atoms with Crippen molar-refractivity contribution in [3.8, 4) is 0 Å². The van der Waals surface area contributed by atoms with Gasteiger partial charge >= 0.3 is 6.09 Å². The second-order valence-corrected chi connectivity index (χ2v) is 3.45. The molecule has 82 valence electrons. The first-order chi connectivity index (χ1) is 7.25. The van der Waals surface area contributed by atoms with Crippen LogP contribution in [-0.2, 0) is 4.74 Å². The van der Waals surface area contributed by atoms with Gasteiger partial charge in [0.1, 0.15) is 0 Å². The Morgan fingerprint density at radius 2 is 2.27 bits per heavy atom. The van der Waals surface area contributed by atoms with Gasteiger partial charge < -0.3 is 9.64 Å². The molecule has 15 heavy (non-hydrogen) atoms. The van der Waals surface area contributed by atoms with E-state index in [-0.39, 0.29) is 0 Å². The monoisotopic (exact) mass is 231 g/mol. The standard InChI is InChI=1S/C8H10ClN3O3/c9-7-5-10-12(6-7)15-8(13)11-1-3-14-4-2-11/h5-6H,1-4H2. The fourth-order valence-corrected chi connectivity index (χ4v) is 1.34. The Kier molecular flexibility index (Phi) is 3.08. The van der Waals surface area contributed by atoms with Gasteiger partial charge in [0.15, 0.2) is 0 Å². The lowest BCUT2D eigenvalue weighted by atomic mass is 10.5. The molecule has 0 radical (unpaired) electrons. The van der Waals surface area contributed by atoms with Crippen molar-refractivity contribution < 1.29 is 14.4 Å². The van der Waals surface area contributed by atoms with Crippen LogP contribution in [0.15, 0.2) is 12.4 Å². The van der Waals surface area contributed by atoms with Crippen LogP contribution in [0.4, 0.5) is 4.79 Å². The molecule has 1 aliphatic heterocycles. The van der Waals surface area contributed by atoms with Crippen LogP contribution >= 0.6 is 11.6 Å². The molecule has 1 saturated heterocycles. The lowest BCUT2D eigenvalue weighted by Crippen LogP contribution is -2.44. The van der Waals surface area contributed by atoms with Crippen molar-refractivity contribution in [3.63, 3.8) is 0 Å². The van der Waals surface area contributed by atoms with E-state index in [4.69, 9.17) is 21.2 Å². The molecule has 0 N–H and O–H groups in total. The molecule has 1 aliphatic rings. The van der Waals surface area contributed by atoms with Gasteiger partial charge in [0, 0.05) is 13.1 Å². The summed E-state index contributed by atoms with van der Waals surface area (Å²) in [6.45, 7) is 2.14. The molecule has 0 aliphatic carbocycles. The maximum atomic E-state index is 11.5. The number of hydrogen-bond donors (Lipinski definition) is 0. The first-order valence-electron chi connectivity index (χ1n) is 4.51. The molecule has 6 nitrogen and oxygen atoms in total. The molecule has 0 bridgehead atoms. The highest BCUT2D eigenvalue weighted by Crippen LogP contribution is 2.04. The van der Waals surface area contributed by atoms with E-state index in [1.54, 1.807) is 4.90 Å². The lowest BCUT2D eigenvalue weighted by Gasteiger charge is -2.25. The molecule has 0 atom stereocenters. The number of aromatic nitrogens is 2. The van der Waals surface area contributed by atoms with E-state index in [9.17, 15) is 4.79 Å². The van der Waals surface area contributed by atoms with Crippen molar-refractivity contribution in [2.75, 3.05) is 26.3 Å². The average Bonchev–Trinajstić information content (AvgIpc) is 2.65. The van der Waals surface area contributed by atoms with Crippen LogP contribution in [0, 0.1) is 0 Å². The summed E-state index contributed by atoms with van der Waals surface area (Å²) in [5.74, 6) is 0. The first kappa shape index (κ1) is 10.3.